The maximum atomic E-state index is 11.8. The molecule has 1 saturated carbocycles. The summed E-state index contributed by atoms with van der Waals surface area (Å²) in [5.74, 6) is 0.609. The summed E-state index contributed by atoms with van der Waals surface area (Å²) >= 11 is 0. The topological polar surface area (TPSA) is 85.8 Å². The van der Waals surface area contributed by atoms with E-state index < -0.39 is 0 Å². The summed E-state index contributed by atoms with van der Waals surface area (Å²) in [4.78, 5) is 11.8. The lowest BCUT2D eigenvalue weighted by atomic mass is 9.98. The molecular weight excluding hydrogens is 230 g/mol. The Balaban J connectivity index is 1.74. The highest BCUT2D eigenvalue weighted by molar-refractivity contribution is 5.76. The molecule has 1 unspecified atom stereocenters. The SMILES string of the molecule is NCC(NC(=O)CCn1ccnn1)C1CCCC1. The van der Waals surface area contributed by atoms with Crippen LogP contribution < -0.4 is 11.1 Å². The highest BCUT2D eigenvalue weighted by atomic mass is 16.1. The zero-order chi connectivity index (χ0) is 12.8. The average molecular weight is 251 g/mol. The molecule has 0 bridgehead atoms. The molecule has 1 aromatic rings. The van der Waals surface area contributed by atoms with Crippen LogP contribution in [0.4, 0.5) is 0 Å². The predicted octanol–water partition coefficient (Wildman–Crippen LogP) is 0.302. The van der Waals surface area contributed by atoms with Crippen LogP contribution in [0.5, 0.6) is 0 Å². The van der Waals surface area contributed by atoms with Gasteiger partial charge >= 0.3 is 0 Å². The second-order valence-electron chi connectivity index (χ2n) is 4.87. The molecule has 18 heavy (non-hydrogen) atoms. The van der Waals surface area contributed by atoms with Crippen LogP contribution in [-0.4, -0.2) is 33.5 Å². The Hall–Kier alpha value is -1.43. The highest BCUT2D eigenvalue weighted by Gasteiger charge is 2.24. The Morgan fingerprint density at radius 1 is 1.50 bits per heavy atom. The molecule has 1 amide bonds. The van der Waals surface area contributed by atoms with Crippen LogP contribution in [0.15, 0.2) is 12.4 Å². The van der Waals surface area contributed by atoms with E-state index in [0.717, 1.165) is 0 Å². The first kappa shape index (κ1) is 13.0. The van der Waals surface area contributed by atoms with Crippen molar-refractivity contribution < 1.29 is 4.79 Å². The summed E-state index contributed by atoms with van der Waals surface area (Å²) in [6, 6.07) is 0.135. The Labute approximate surface area is 107 Å². The van der Waals surface area contributed by atoms with Gasteiger partial charge in [-0.15, -0.1) is 5.10 Å². The van der Waals surface area contributed by atoms with Crippen molar-refractivity contribution >= 4 is 5.91 Å². The van der Waals surface area contributed by atoms with E-state index in [-0.39, 0.29) is 11.9 Å². The molecule has 1 heterocycles. The number of nitrogens with one attached hydrogen (secondary N) is 1. The normalized spacial score (nSPS) is 17.8. The minimum absolute atomic E-state index is 0.0489. The quantitative estimate of drug-likeness (QED) is 0.761. The van der Waals surface area contributed by atoms with Crippen LogP contribution in [0.2, 0.25) is 0 Å². The first-order valence-corrected chi connectivity index (χ1v) is 6.63. The van der Waals surface area contributed by atoms with Gasteiger partial charge in [0.2, 0.25) is 5.91 Å². The number of hydrogen-bond donors (Lipinski definition) is 2. The van der Waals surface area contributed by atoms with Gasteiger partial charge in [0.25, 0.3) is 0 Å². The Morgan fingerprint density at radius 2 is 2.28 bits per heavy atom. The number of hydrogen-bond acceptors (Lipinski definition) is 4. The second kappa shape index (κ2) is 6.49. The van der Waals surface area contributed by atoms with Crippen molar-refractivity contribution in [3.63, 3.8) is 0 Å². The zero-order valence-electron chi connectivity index (χ0n) is 10.6. The van der Waals surface area contributed by atoms with E-state index in [9.17, 15) is 4.79 Å². The van der Waals surface area contributed by atoms with E-state index in [2.05, 4.69) is 15.6 Å². The second-order valence-corrected chi connectivity index (χ2v) is 4.87. The number of aryl methyl sites for hydroxylation is 1. The van der Waals surface area contributed by atoms with Crippen LogP contribution in [0.1, 0.15) is 32.1 Å². The van der Waals surface area contributed by atoms with Crippen LogP contribution in [0.25, 0.3) is 0 Å². The maximum absolute atomic E-state index is 11.8. The van der Waals surface area contributed by atoms with Crippen LogP contribution in [0, 0.1) is 5.92 Å². The molecule has 6 nitrogen and oxygen atoms in total. The molecule has 0 aromatic carbocycles. The lowest BCUT2D eigenvalue weighted by Gasteiger charge is -2.23. The monoisotopic (exact) mass is 251 g/mol. The number of aromatic nitrogens is 3. The molecule has 1 atom stereocenters. The first-order valence-electron chi connectivity index (χ1n) is 6.63. The lowest BCUT2D eigenvalue weighted by Crippen LogP contribution is -2.44. The molecule has 0 saturated heterocycles. The van der Waals surface area contributed by atoms with Gasteiger partial charge in [0.15, 0.2) is 0 Å². The Bertz CT molecular complexity index is 359. The lowest BCUT2D eigenvalue weighted by molar-refractivity contribution is -0.122. The molecule has 1 aliphatic rings. The summed E-state index contributed by atoms with van der Waals surface area (Å²) in [5.41, 5.74) is 5.75. The van der Waals surface area contributed by atoms with E-state index in [1.165, 1.54) is 25.7 Å². The van der Waals surface area contributed by atoms with E-state index in [1.807, 2.05) is 0 Å². The van der Waals surface area contributed by atoms with Gasteiger partial charge in [0.1, 0.15) is 0 Å². The molecular formula is C12H21N5O. The summed E-state index contributed by atoms with van der Waals surface area (Å²) in [5, 5.41) is 10.6. The van der Waals surface area contributed by atoms with Crippen molar-refractivity contribution in [1.29, 1.82) is 0 Å². The molecule has 1 aromatic heterocycles. The van der Waals surface area contributed by atoms with Gasteiger partial charge in [-0.05, 0) is 18.8 Å². The van der Waals surface area contributed by atoms with E-state index in [4.69, 9.17) is 5.73 Å². The minimum Gasteiger partial charge on any atom is -0.352 e. The Kier molecular flexibility index (Phi) is 4.69. The smallest absolute Gasteiger partial charge is 0.222 e. The molecule has 0 aliphatic heterocycles. The number of nitrogens with zero attached hydrogens (tertiary/aromatic N) is 3. The van der Waals surface area contributed by atoms with Crippen LogP contribution in [0.3, 0.4) is 0 Å². The summed E-state index contributed by atoms with van der Waals surface area (Å²) in [6.07, 6.45) is 8.68. The highest BCUT2D eigenvalue weighted by Crippen LogP contribution is 2.27. The molecule has 1 aliphatic carbocycles. The van der Waals surface area contributed by atoms with Gasteiger partial charge in [-0.1, -0.05) is 18.1 Å². The van der Waals surface area contributed by atoms with Crippen LogP contribution >= 0.6 is 0 Å². The van der Waals surface area contributed by atoms with Gasteiger partial charge < -0.3 is 11.1 Å². The van der Waals surface area contributed by atoms with Gasteiger partial charge in [-0.2, -0.15) is 0 Å². The fourth-order valence-electron chi connectivity index (χ4n) is 2.58. The largest absolute Gasteiger partial charge is 0.352 e. The summed E-state index contributed by atoms with van der Waals surface area (Å²) in [7, 11) is 0. The first-order chi connectivity index (χ1) is 8.79. The molecule has 6 heteroatoms. The van der Waals surface area contributed by atoms with Crippen molar-refractivity contribution in [3.8, 4) is 0 Å². The number of carbonyl (C=O) groups is 1. The van der Waals surface area contributed by atoms with Crippen molar-refractivity contribution in [2.24, 2.45) is 11.7 Å². The molecule has 0 spiro atoms. The number of rotatable bonds is 6. The summed E-state index contributed by atoms with van der Waals surface area (Å²) < 4.78 is 1.66. The van der Waals surface area contributed by atoms with E-state index >= 15 is 0 Å². The third-order valence-electron chi connectivity index (χ3n) is 3.61. The van der Waals surface area contributed by atoms with Gasteiger partial charge in [-0.25, -0.2) is 0 Å². The molecule has 2 rings (SSSR count). The van der Waals surface area contributed by atoms with Gasteiger partial charge in [0.05, 0.1) is 12.7 Å². The molecule has 100 valence electrons. The van der Waals surface area contributed by atoms with E-state index in [1.54, 1.807) is 17.1 Å². The third kappa shape index (κ3) is 3.53. The zero-order valence-corrected chi connectivity index (χ0v) is 10.6. The fourth-order valence-corrected chi connectivity index (χ4v) is 2.58. The molecule has 0 radical (unpaired) electrons. The molecule has 1 fully saturated rings. The maximum Gasteiger partial charge on any atom is 0.222 e. The van der Waals surface area contributed by atoms with Crippen LogP contribution in [-0.2, 0) is 11.3 Å². The van der Waals surface area contributed by atoms with Crippen molar-refractivity contribution in [3.05, 3.63) is 12.4 Å². The van der Waals surface area contributed by atoms with Crippen molar-refractivity contribution in [1.82, 2.24) is 20.3 Å². The van der Waals surface area contributed by atoms with Crippen molar-refractivity contribution in [2.45, 2.75) is 44.7 Å². The number of amides is 1. The summed E-state index contributed by atoms with van der Waals surface area (Å²) in [6.45, 7) is 1.09. The van der Waals surface area contributed by atoms with Gasteiger partial charge in [0, 0.05) is 25.2 Å². The standard InChI is InChI=1S/C12H21N5O/c13-9-11(10-3-1-2-4-10)15-12(18)5-7-17-8-6-14-16-17/h6,8,10-11H,1-5,7,9,13H2,(H,15,18). The Morgan fingerprint density at radius 3 is 2.89 bits per heavy atom. The fraction of sp³-hybridized carbons (Fsp3) is 0.750. The van der Waals surface area contributed by atoms with Gasteiger partial charge in [-0.3, -0.25) is 9.48 Å². The number of nitrogens with two attached hydrogens (primary N) is 1. The van der Waals surface area contributed by atoms with E-state index in [0.29, 0.717) is 25.4 Å². The predicted molar refractivity (Wildman–Crippen MR) is 67.6 cm³/mol. The van der Waals surface area contributed by atoms with Crippen molar-refractivity contribution in [2.75, 3.05) is 6.54 Å². The average Bonchev–Trinajstić information content (AvgIpc) is 3.05. The third-order valence-corrected chi connectivity index (χ3v) is 3.61. The minimum atomic E-state index is 0.0489. The number of carbonyl (C=O) groups excluding carboxylic acids is 1. The molecule has 3 N–H and O–H groups in total.